The Kier molecular flexibility index (Phi) is 7.84. The molecule has 6 nitrogen and oxygen atoms in total. The smallest absolute Gasteiger partial charge is 0.268 e. The first-order valence-electron chi connectivity index (χ1n) is 6.65. The number of methoxy groups -OCH3 is 1. The fourth-order valence-corrected chi connectivity index (χ4v) is 1.53. The summed E-state index contributed by atoms with van der Waals surface area (Å²) in [5, 5.41) is 7.23. The number of nitrogens with one attached hydrogen (secondary N) is 1. The Morgan fingerprint density at radius 2 is 2.21 bits per heavy atom. The summed E-state index contributed by atoms with van der Waals surface area (Å²) in [6.45, 7) is 5.20. The Bertz CT molecular complexity index is 406. The van der Waals surface area contributed by atoms with Crippen molar-refractivity contribution in [3.63, 3.8) is 0 Å². The van der Waals surface area contributed by atoms with E-state index in [0.29, 0.717) is 26.4 Å². The van der Waals surface area contributed by atoms with Gasteiger partial charge in [0.15, 0.2) is 0 Å². The van der Waals surface area contributed by atoms with Crippen LogP contribution in [-0.4, -0.2) is 43.3 Å². The molecule has 0 aliphatic rings. The Morgan fingerprint density at radius 3 is 2.89 bits per heavy atom. The van der Waals surface area contributed by atoms with Gasteiger partial charge in [-0.3, -0.25) is 4.79 Å². The molecule has 1 rings (SSSR count). The van der Waals surface area contributed by atoms with Gasteiger partial charge in [0.05, 0.1) is 25.0 Å². The van der Waals surface area contributed by atoms with E-state index in [4.69, 9.17) is 9.47 Å². The number of rotatable bonds is 10. The van der Waals surface area contributed by atoms with Crippen LogP contribution in [0.2, 0.25) is 0 Å². The van der Waals surface area contributed by atoms with Crippen LogP contribution in [0.15, 0.2) is 17.1 Å². The van der Waals surface area contributed by atoms with Crippen molar-refractivity contribution in [2.75, 3.05) is 38.8 Å². The highest BCUT2D eigenvalue weighted by Gasteiger charge is 1.99. The van der Waals surface area contributed by atoms with E-state index in [1.54, 1.807) is 19.4 Å². The quantitative estimate of drug-likeness (QED) is 0.645. The van der Waals surface area contributed by atoms with E-state index < -0.39 is 0 Å². The Hall–Kier alpha value is -1.40. The predicted octanol–water partition coefficient (Wildman–Crippen LogP) is 1.12. The Labute approximate surface area is 113 Å². The van der Waals surface area contributed by atoms with Gasteiger partial charge in [-0.15, -0.1) is 0 Å². The molecule has 0 bridgehead atoms. The first-order chi connectivity index (χ1) is 9.27. The van der Waals surface area contributed by atoms with Crippen molar-refractivity contribution in [3.8, 4) is 0 Å². The lowest BCUT2D eigenvalue weighted by Crippen LogP contribution is -2.25. The van der Waals surface area contributed by atoms with Gasteiger partial charge in [0, 0.05) is 32.9 Å². The summed E-state index contributed by atoms with van der Waals surface area (Å²) in [4.78, 5) is 11.8. The van der Waals surface area contributed by atoms with Crippen molar-refractivity contribution in [2.24, 2.45) is 0 Å². The Morgan fingerprint density at radius 1 is 1.37 bits per heavy atom. The van der Waals surface area contributed by atoms with Crippen LogP contribution in [0.3, 0.4) is 0 Å². The van der Waals surface area contributed by atoms with E-state index in [1.807, 2.05) is 0 Å². The molecule has 0 radical (unpaired) electrons. The standard InChI is InChI=1S/C13H23N3O3/c1-3-5-14-12-10-13(17)16(15-11-12)6-9-19-8-4-7-18-2/h10-11,14H,3-9H2,1-2H3. The lowest BCUT2D eigenvalue weighted by molar-refractivity contribution is 0.0954. The maximum absolute atomic E-state index is 11.8. The van der Waals surface area contributed by atoms with Crippen LogP contribution in [0.5, 0.6) is 0 Å². The zero-order valence-corrected chi connectivity index (χ0v) is 11.7. The van der Waals surface area contributed by atoms with Crippen LogP contribution in [0, 0.1) is 0 Å². The minimum absolute atomic E-state index is 0.110. The number of hydrogen-bond acceptors (Lipinski definition) is 5. The molecule has 1 N–H and O–H groups in total. The zero-order chi connectivity index (χ0) is 13.9. The SMILES string of the molecule is CCCNc1cnn(CCOCCCOC)c(=O)c1. The molecule has 0 unspecified atom stereocenters. The molecule has 0 aromatic carbocycles. The van der Waals surface area contributed by atoms with Crippen molar-refractivity contribution in [1.29, 1.82) is 0 Å². The second kappa shape index (κ2) is 9.52. The van der Waals surface area contributed by atoms with Crippen LogP contribution < -0.4 is 10.9 Å². The summed E-state index contributed by atoms with van der Waals surface area (Å²) in [6.07, 6.45) is 3.54. The van der Waals surface area contributed by atoms with E-state index >= 15 is 0 Å². The van der Waals surface area contributed by atoms with Crippen LogP contribution in [-0.2, 0) is 16.0 Å². The second-order valence-corrected chi connectivity index (χ2v) is 4.19. The zero-order valence-electron chi connectivity index (χ0n) is 11.7. The van der Waals surface area contributed by atoms with E-state index in [9.17, 15) is 4.79 Å². The van der Waals surface area contributed by atoms with Gasteiger partial charge in [0.25, 0.3) is 5.56 Å². The van der Waals surface area contributed by atoms with Crippen LogP contribution >= 0.6 is 0 Å². The van der Waals surface area contributed by atoms with Gasteiger partial charge in [-0.2, -0.15) is 5.10 Å². The van der Waals surface area contributed by atoms with Gasteiger partial charge in [0.1, 0.15) is 0 Å². The van der Waals surface area contributed by atoms with Crippen molar-refractivity contribution in [3.05, 3.63) is 22.6 Å². The number of ether oxygens (including phenoxy) is 2. The van der Waals surface area contributed by atoms with Gasteiger partial charge in [-0.05, 0) is 12.8 Å². The fraction of sp³-hybridized carbons (Fsp3) is 0.692. The molecular weight excluding hydrogens is 246 g/mol. The lowest BCUT2D eigenvalue weighted by Gasteiger charge is -2.08. The summed E-state index contributed by atoms with van der Waals surface area (Å²) in [6, 6.07) is 1.56. The van der Waals surface area contributed by atoms with Gasteiger partial charge in [-0.25, -0.2) is 4.68 Å². The third-order valence-electron chi connectivity index (χ3n) is 2.53. The van der Waals surface area contributed by atoms with Crippen molar-refractivity contribution < 1.29 is 9.47 Å². The average molecular weight is 269 g/mol. The summed E-state index contributed by atoms with van der Waals surface area (Å²) in [5.41, 5.74) is 0.658. The number of anilines is 1. The minimum atomic E-state index is -0.110. The normalized spacial score (nSPS) is 10.6. The molecule has 0 saturated carbocycles. The molecule has 0 saturated heterocycles. The van der Waals surface area contributed by atoms with Gasteiger partial charge >= 0.3 is 0 Å². The number of nitrogens with zero attached hydrogens (tertiary/aromatic N) is 2. The third-order valence-corrected chi connectivity index (χ3v) is 2.53. The molecule has 0 atom stereocenters. The van der Waals surface area contributed by atoms with Gasteiger partial charge in [-0.1, -0.05) is 6.92 Å². The maximum atomic E-state index is 11.8. The molecule has 0 spiro atoms. The lowest BCUT2D eigenvalue weighted by atomic mass is 10.4. The van der Waals surface area contributed by atoms with Crippen LogP contribution in [0.25, 0.3) is 0 Å². The maximum Gasteiger partial charge on any atom is 0.268 e. The highest BCUT2D eigenvalue weighted by atomic mass is 16.5. The molecule has 19 heavy (non-hydrogen) atoms. The fourth-order valence-electron chi connectivity index (χ4n) is 1.53. The summed E-state index contributed by atoms with van der Waals surface area (Å²) in [5.74, 6) is 0. The molecule has 6 heteroatoms. The largest absolute Gasteiger partial charge is 0.385 e. The minimum Gasteiger partial charge on any atom is -0.385 e. The van der Waals surface area contributed by atoms with E-state index in [1.165, 1.54) is 4.68 Å². The highest BCUT2D eigenvalue weighted by molar-refractivity contribution is 5.38. The molecule has 0 aliphatic heterocycles. The van der Waals surface area contributed by atoms with E-state index in [-0.39, 0.29) is 5.56 Å². The molecule has 0 amide bonds. The molecule has 0 fully saturated rings. The Balaban J connectivity index is 2.32. The number of aromatic nitrogens is 2. The molecule has 0 aliphatic carbocycles. The molecule has 1 aromatic rings. The summed E-state index contributed by atoms with van der Waals surface area (Å²) in [7, 11) is 1.66. The highest BCUT2D eigenvalue weighted by Crippen LogP contribution is 1.99. The predicted molar refractivity (Wildman–Crippen MR) is 74.6 cm³/mol. The third kappa shape index (κ3) is 6.35. The van der Waals surface area contributed by atoms with Gasteiger partial charge in [0.2, 0.25) is 0 Å². The van der Waals surface area contributed by atoms with E-state index in [2.05, 4.69) is 17.3 Å². The monoisotopic (exact) mass is 269 g/mol. The average Bonchev–Trinajstić information content (AvgIpc) is 2.42. The van der Waals surface area contributed by atoms with Gasteiger partial charge < -0.3 is 14.8 Å². The van der Waals surface area contributed by atoms with Crippen molar-refractivity contribution in [2.45, 2.75) is 26.3 Å². The topological polar surface area (TPSA) is 65.4 Å². The summed E-state index contributed by atoms with van der Waals surface area (Å²) >= 11 is 0. The van der Waals surface area contributed by atoms with Crippen LogP contribution in [0.1, 0.15) is 19.8 Å². The second-order valence-electron chi connectivity index (χ2n) is 4.19. The van der Waals surface area contributed by atoms with E-state index in [0.717, 1.165) is 25.1 Å². The van der Waals surface area contributed by atoms with Crippen molar-refractivity contribution >= 4 is 5.69 Å². The number of hydrogen-bond donors (Lipinski definition) is 1. The van der Waals surface area contributed by atoms with Crippen LogP contribution in [0.4, 0.5) is 5.69 Å². The molecule has 1 aromatic heterocycles. The summed E-state index contributed by atoms with van der Waals surface area (Å²) < 4.78 is 11.7. The first kappa shape index (κ1) is 15.7. The molecule has 1 heterocycles. The van der Waals surface area contributed by atoms with Crippen molar-refractivity contribution in [1.82, 2.24) is 9.78 Å². The molecule has 108 valence electrons. The molecular formula is C13H23N3O3. The first-order valence-corrected chi connectivity index (χ1v) is 6.65.